The largest absolute Gasteiger partial charge is 0.306 e. The number of hydrazone groups is 1. The summed E-state index contributed by atoms with van der Waals surface area (Å²) in [6.45, 7) is 3.89. The molecule has 0 bridgehead atoms. The lowest BCUT2D eigenvalue weighted by atomic mass is 10.1. The maximum atomic E-state index is 12.0. The van der Waals surface area contributed by atoms with E-state index in [9.17, 15) is 4.79 Å². The summed E-state index contributed by atoms with van der Waals surface area (Å²) in [7, 11) is 2.10. The molecule has 0 radical (unpaired) electrons. The lowest BCUT2D eigenvalue weighted by Gasteiger charge is -2.22. The molecular weight excluding hydrogens is 306 g/mol. The Morgan fingerprint density at radius 3 is 2.57 bits per heavy atom. The van der Waals surface area contributed by atoms with Gasteiger partial charge in [0, 0.05) is 41.6 Å². The molecule has 0 aliphatic carbocycles. The van der Waals surface area contributed by atoms with Crippen LogP contribution in [0.2, 0.25) is 5.02 Å². The molecule has 1 saturated heterocycles. The van der Waals surface area contributed by atoms with E-state index in [2.05, 4.69) is 22.5 Å². The highest BCUT2D eigenvalue weighted by molar-refractivity contribution is 8.00. The fourth-order valence-corrected chi connectivity index (χ4v) is 2.97. The summed E-state index contributed by atoms with van der Waals surface area (Å²) in [4.78, 5) is 15.3. The first-order valence-electron chi connectivity index (χ1n) is 7.00. The molecule has 1 fully saturated rings. The first-order valence-corrected chi connectivity index (χ1v) is 8.26. The first kappa shape index (κ1) is 16.3. The zero-order chi connectivity index (χ0) is 15.2. The zero-order valence-corrected chi connectivity index (χ0v) is 13.9. The SMILES string of the molecule is CC(Sc1ccc(Cl)cc1)C(=O)NN=C1CCN(C)CC1. The van der Waals surface area contributed by atoms with Crippen molar-refractivity contribution in [3.8, 4) is 0 Å². The topological polar surface area (TPSA) is 44.7 Å². The number of carbonyl (C=O) groups excluding carboxylic acids is 1. The van der Waals surface area contributed by atoms with Crippen molar-refractivity contribution in [3.63, 3.8) is 0 Å². The van der Waals surface area contributed by atoms with Crippen molar-refractivity contribution in [1.82, 2.24) is 10.3 Å². The van der Waals surface area contributed by atoms with Crippen LogP contribution in [0.15, 0.2) is 34.3 Å². The van der Waals surface area contributed by atoms with Crippen molar-refractivity contribution in [3.05, 3.63) is 29.3 Å². The number of carbonyl (C=O) groups is 1. The molecule has 1 aliphatic heterocycles. The van der Waals surface area contributed by atoms with E-state index < -0.39 is 0 Å². The highest BCUT2D eigenvalue weighted by atomic mass is 35.5. The van der Waals surface area contributed by atoms with Crippen molar-refractivity contribution in [2.45, 2.75) is 29.9 Å². The van der Waals surface area contributed by atoms with Crippen molar-refractivity contribution >= 4 is 35.0 Å². The Balaban J connectivity index is 1.82. The molecule has 1 aromatic carbocycles. The molecule has 21 heavy (non-hydrogen) atoms. The Hall–Kier alpha value is -1.04. The second-order valence-electron chi connectivity index (χ2n) is 5.17. The van der Waals surface area contributed by atoms with Gasteiger partial charge in [-0.05, 0) is 38.2 Å². The third-order valence-corrected chi connectivity index (χ3v) is 4.75. The Labute approximate surface area is 134 Å². The third kappa shape index (κ3) is 5.34. The van der Waals surface area contributed by atoms with Crippen LogP contribution in [0, 0.1) is 0 Å². The summed E-state index contributed by atoms with van der Waals surface area (Å²) in [5.41, 5.74) is 3.76. The lowest BCUT2D eigenvalue weighted by molar-refractivity contribution is -0.120. The number of rotatable bonds is 4. The average molecular weight is 326 g/mol. The monoisotopic (exact) mass is 325 g/mol. The number of hydrogen-bond acceptors (Lipinski definition) is 4. The van der Waals surface area contributed by atoms with Crippen LogP contribution in [0.25, 0.3) is 0 Å². The quantitative estimate of drug-likeness (QED) is 0.683. The average Bonchev–Trinajstić information content (AvgIpc) is 2.48. The second kappa shape index (κ2) is 7.82. The molecule has 1 N–H and O–H groups in total. The van der Waals surface area contributed by atoms with E-state index in [1.165, 1.54) is 11.8 Å². The third-order valence-electron chi connectivity index (χ3n) is 3.38. The molecule has 1 unspecified atom stereocenters. The Morgan fingerprint density at radius 2 is 1.95 bits per heavy atom. The minimum absolute atomic E-state index is 0.0682. The van der Waals surface area contributed by atoms with E-state index >= 15 is 0 Å². The van der Waals surface area contributed by atoms with Gasteiger partial charge in [-0.15, -0.1) is 11.8 Å². The van der Waals surface area contributed by atoms with Crippen LogP contribution in [0.4, 0.5) is 0 Å². The fraction of sp³-hybridized carbons (Fsp3) is 0.467. The smallest absolute Gasteiger partial charge is 0.253 e. The van der Waals surface area contributed by atoms with Gasteiger partial charge in [0.1, 0.15) is 0 Å². The first-order chi connectivity index (χ1) is 10.0. The van der Waals surface area contributed by atoms with E-state index in [-0.39, 0.29) is 11.2 Å². The minimum atomic E-state index is -0.193. The van der Waals surface area contributed by atoms with Gasteiger partial charge in [-0.25, -0.2) is 5.43 Å². The van der Waals surface area contributed by atoms with Crippen molar-refractivity contribution in [1.29, 1.82) is 0 Å². The molecule has 1 amide bonds. The summed E-state index contributed by atoms with van der Waals surface area (Å²) >= 11 is 7.35. The van der Waals surface area contributed by atoms with Crippen LogP contribution < -0.4 is 5.43 Å². The molecular formula is C15H20ClN3OS. The van der Waals surface area contributed by atoms with E-state index in [0.29, 0.717) is 5.02 Å². The van der Waals surface area contributed by atoms with Gasteiger partial charge < -0.3 is 4.90 Å². The number of piperidine rings is 1. The Bertz CT molecular complexity index is 508. The van der Waals surface area contributed by atoms with Crippen LogP contribution >= 0.6 is 23.4 Å². The van der Waals surface area contributed by atoms with Gasteiger partial charge >= 0.3 is 0 Å². The van der Waals surface area contributed by atoms with Crippen molar-refractivity contribution in [2.24, 2.45) is 5.10 Å². The van der Waals surface area contributed by atoms with Crippen molar-refractivity contribution in [2.75, 3.05) is 20.1 Å². The number of nitrogens with one attached hydrogen (secondary N) is 1. The number of hydrogen-bond donors (Lipinski definition) is 1. The Kier molecular flexibility index (Phi) is 6.08. The number of likely N-dealkylation sites (tertiary alicyclic amines) is 1. The minimum Gasteiger partial charge on any atom is -0.306 e. The van der Waals surface area contributed by atoms with Crippen LogP contribution in [0.1, 0.15) is 19.8 Å². The zero-order valence-electron chi connectivity index (χ0n) is 12.3. The van der Waals surface area contributed by atoms with Gasteiger partial charge in [0.25, 0.3) is 5.91 Å². The van der Waals surface area contributed by atoms with E-state index in [4.69, 9.17) is 11.6 Å². The predicted molar refractivity (Wildman–Crippen MR) is 89.1 cm³/mol. The molecule has 114 valence electrons. The van der Waals surface area contributed by atoms with Crippen LogP contribution in [-0.4, -0.2) is 41.9 Å². The fourth-order valence-electron chi connectivity index (χ4n) is 1.98. The number of nitrogens with zero attached hydrogens (tertiary/aromatic N) is 2. The van der Waals surface area contributed by atoms with Gasteiger partial charge in [-0.2, -0.15) is 5.10 Å². The highest BCUT2D eigenvalue weighted by Gasteiger charge is 2.15. The molecule has 4 nitrogen and oxygen atoms in total. The number of amides is 1. The standard InChI is InChI=1S/C15H20ClN3OS/c1-11(21-14-5-3-12(16)4-6-14)15(20)18-17-13-7-9-19(2)10-8-13/h3-6,11H,7-10H2,1-2H3,(H,18,20). The summed E-state index contributed by atoms with van der Waals surface area (Å²) < 4.78 is 0. The molecule has 1 heterocycles. The molecule has 0 saturated carbocycles. The maximum absolute atomic E-state index is 12.0. The summed E-state index contributed by atoms with van der Waals surface area (Å²) in [6, 6.07) is 7.49. The summed E-state index contributed by atoms with van der Waals surface area (Å²) in [5.74, 6) is -0.0682. The number of halogens is 1. The summed E-state index contributed by atoms with van der Waals surface area (Å²) in [6.07, 6.45) is 1.85. The predicted octanol–water partition coefficient (Wildman–Crippen LogP) is 3.02. The molecule has 1 aromatic rings. The van der Waals surface area contributed by atoms with Crippen LogP contribution in [-0.2, 0) is 4.79 Å². The van der Waals surface area contributed by atoms with Gasteiger partial charge in [0.15, 0.2) is 0 Å². The van der Waals surface area contributed by atoms with Crippen molar-refractivity contribution < 1.29 is 4.79 Å². The highest BCUT2D eigenvalue weighted by Crippen LogP contribution is 2.24. The van der Waals surface area contributed by atoms with Gasteiger partial charge in [0.2, 0.25) is 0 Å². The van der Waals surface area contributed by atoms with E-state index in [1.54, 1.807) is 0 Å². The second-order valence-corrected chi connectivity index (χ2v) is 7.02. The molecule has 1 aliphatic rings. The molecule has 0 spiro atoms. The Morgan fingerprint density at radius 1 is 1.33 bits per heavy atom. The molecule has 2 rings (SSSR count). The van der Waals surface area contributed by atoms with E-state index in [1.807, 2.05) is 31.2 Å². The summed E-state index contributed by atoms with van der Waals surface area (Å²) in [5, 5.41) is 4.76. The lowest BCUT2D eigenvalue weighted by Crippen LogP contribution is -2.33. The molecule has 0 aromatic heterocycles. The molecule has 1 atom stereocenters. The number of thioether (sulfide) groups is 1. The normalized spacial score (nSPS) is 17.4. The van der Waals surface area contributed by atoms with Gasteiger partial charge in [0.05, 0.1) is 5.25 Å². The van der Waals surface area contributed by atoms with E-state index in [0.717, 1.165) is 36.5 Å². The van der Waals surface area contributed by atoms with Gasteiger partial charge in [-0.1, -0.05) is 11.6 Å². The van der Waals surface area contributed by atoms with Crippen LogP contribution in [0.3, 0.4) is 0 Å². The van der Waals surface area contributed by atoms with Crippen LogP contribution in [0.5, 0.6) is 0 Å². The number of benzene rings is 1. The van der Waals surface area contributed by atoms with Gasteiger partial charge in [-0.3, -0.25) is 4.79 Å². The molecule has 6 heteroatoms. The maximum Gasteiger partial charge on any atom is 0.253 e.